The zero-order valence-corrected chi connectivity index (χ0v) is 10.9. The third kappa shape index (κ3) is 3.92. The highest BCUT2D eigenvalue weighted by atomic mass is 32.1. The summed E-state index contributed by atoms with van der Waals surface area (Å²) in [5.41, 5.74) is 3.68. The van der Waals surface area contributed by atoms with Crippen LogP contribution in [0.4, 0.5) is 0 Å². The Morgan fingerprint density at radius 2 is 2.12 bits per heavy atom. The van der Waals surface area contributed by atoms with Crippen molar-refractivity contribution >= 4 is 23.5 Å². The third-order valence-corrected chi connectivity index (χ3v) is 2.39. The number of nitrogens with one attached hydrogen (secondary N) is 3. The lowest BCUT2D eigenvalue weighted by atomic mass is 10.2. The van der Waals surface area contributed by atoms with Crippen LogP contribution in [0.2, 0.25) is 0 Å². The van der Waals surface area contributed by atoms with E-state index < -0.39 is 0 Å². The molecule has 0 unspecified atom stereocenters. The summed E-state index contributed by atoms with van der Waals surface area (Å²) in [5, 5.41) is 6.16. The lowest BCUT2D eigenvalue weighted by molar-refractivity contribution is -0.500. The van der Waals surface area contributed by atoms with Crippen LogP contribution < -0.4 is 25.3 Å². The highest BCUT2D eigenvalue weighted by Crippen LogP contribution is 2.22. The highest BCUT2D eigenvalue weighted by Gasteiger charge is 2.05. The number of hydrogen-bond acceptors (Lipinski definition) is 3. The predicted molar refractivity (Wildman–Crippen MR) is 70.5 cm³/mol. The normalized spacial score (nSPS) is 10.1. The molecule has 0 aromatic heterocycles. The monoisotopic (exact) mass is 254 g/mol. The molecule has 0 aliphatic rings. The van der Waals surface area contributed by atoms with E-state index in [0.29, 0.717) is 10.9 Å². The predicted octanol–water partition coefficient (Wildman–Crippen LogP) is -0.788. The van der Waals surface area contributed by atoms with Crippen LogP contribution in [-0.2, 0) is 0 Å². The minimum absolute atomic E-state index is 0.508. The van der Waals surface area contributed by atoms with E-state index in [1.54, 1.807) is 27.5 Å². The molecule has 0 radical (unpaired) electrons. The van der Waals surface area contributed by atoms with Gasteiger partial charge in [-0.2, -0.15) is 0 Å². The third-order valence-electron chi connectivity index (χ3n) is 2.08. The summed E-state index contributed by atoms with van der Waals surface area (Å²) in [7, 11) is 4.96. The lowest BCUT2D eigenvalue weighted by Gasteiger charge is -2.05. The van der Waals surface area contributed by atoms with E-state index in [1.165, 1.54) is 0 Å². The van der Waals surface area contributed by atoms with Gasteiger partial charge in [0.05, 0.1) is 19.8 Å². The minimum atomic E-state index is 0.508. The largest absolute Gasteiger partial charge is 0.497 e. The van der Waals surface area contributed by atoms with Gasteiger partial charge in [0.2, 0.25) is 11.3 Å². The lowest BCUT2D eigenvalue weighted by Crippen LogP contribution is -2.82. The molecule has 1 rings (SSSR count). The smallest absolute Gasteiger partial charge is 0.223 e. The van der Waals surface area contributed by atoms with Crippen molar-refractivity contribution < 1.29 is 14.6 Å². The van der Waals surface area contributed by atoms with Crippen molar-refractivity contribution in [2.75, 3.05) is 21.3 Å². The van der Waals surface area contributed by atoms with Gasteiger partial charge in [-0.1, -0.05) is 0 Å². The fourth-order valence-electron chi connectivity index (χ4n) is 1.18. The second-order valence-corrected chi connectivity index (χ2v) is 3.51. The maximum atomic E-state index is 5.24. The van der Waals surface area contributed by atoms with E-state index >= 15 is 0 Å². The first-order valence-electron chi connectivity index (χ1n) is 4.99. The average molecular weight is 254 g/mol. The van der Waals surface area contributed by atoms with Gasteiger partial charge >= 0.3 is 0 Å². The molecule has 0 bridgehead atoms. The fraction of sp³-hybridized carbons (Fsp3) is 0.273. The molecular formula is C11H16N3O2S+. The number of hydrazone groups is 1. The summed E-state index contributed by atoms with van der Waals surface area (Å²) in [5.74, 6) is 1.46. The number of hydrogen-bond donors (Lipinski definition) is 3. The van der Waals surface area contributed by atoms with E-state index in [1.807, 2.05) is 18.2 Å². The Morgan fingerprint density at radius 1 is 1.35 bits per heavy atom. The van der Waals surface area contributed by atoms with Gasteiger partial charge in [0.15, 0.2) is 0 Å². The van der Waals surface area contributed by atoms with Crippen molar-refractivity contribution in [3.05, 3.63) is 23.8 Å². The first-order chi connectivity index (χ1) is 8.21. The van der Waals surface area contributed by atoms with E-state index in [4.69, 9.17) is 21.7 Å². The summed E-state index contributed by atoms with van der Waals surface area (Å²) < 4.78 is 10.4. The molecule has 92 valence electrons. The van der Waals surface area contributed by atoms with Gasteiger partial charge in [-0.3, -0.25) is 0 Å². The van der Waals surface area contributed by atoms with Crippen LogP contribution in [0.25, 0.3) is 0 Å². The molecule has 1 aromatic carbocycles. The minimum Gasteiger partial charge on any atom is -0.497 e. The molecule has 5 nitrogen and oxygen atoms in total. The van der Waals surface area contributed by atoms with E-state index in [-0.39, 0.29) is 0 Å². The van der Waals surface area contributed by atoms with E-state index in [9.17, 15) is 0 Å². The maximum absolute atomic E-state index is 5.24. The van der Waals surface area contributed by atoms with Crippen LogP contribution in [0.1, 0.15) is 5.56 Å². The molecular weight excluding hydrogens is 238 g/mol. The Bertz CT molecular complexity index is 421. The summed E-state index contributed by atoms with van der Waals surface area (Å²) in [6, 6.07) is 5.55. The Hall–Kier alpha value is -1.82. The van der Waals surface area contributed by atoms with Crippen molar-refractivity contribution in [2.45, 2.75) is 0 Å². The first kappa shape index (κ1) is 13.2. The number of benzene rings is 1. The number of hydrazine groups is 1. The van der Waals surface area contributed by atoms with Gasteiger partial charge in [0, 0.05) is 13.1 Å². The second-order valence-electron chi connectivity index (χ2n) is 3.10. The number of rotatable bonds is 4. The Balaban J connectivity index is 2.79. The summed E-state index contributed by atoms with van der Waals surface area (Å²) in [4.78, 5) is 0. The van der Waals surface area contributed by atoms with Crippen molar-refractivity contribution in [1.29, 1.82) is 0 Å². The Morgan fingerprint density at radius 3 is 2.71 bits per heavy atom. The molecule has 0 heterocycles. The Labute approximate surface area is 106 Å². The van der Waals surface area contributed by atoms with Crippen LogP contribution in [-0.4, -0.2) is 32.6 Å². The molecule has 0 amide bonds. The number of ether oxygens (including phenoxy) is 2. The molecule has 1 aromatic rings. The van der Waals surface area contributed by atoms with Crippen LogP contribution in [0.3, 0.4) is 0 Å². The summed E-state index contributed by atoms with van der Waals surface area (Å²) in [6.45, 7) is 0. The van der Waals surface area contributed by atoms with Crippen LogP contribution >= 0.6 is 12.2 Å². The van der Waals surface area contributed by atoms with Gasteiger partial charge in [0.25, 0.3) is 0 Å². The van der Waals surface area contributed by atoms with Gasteiger partial charge in [-0.25, -0.2) is 0 Å². The molecule has 0 aliphatic carbocycles. The van der Waals surface area contributed by atoms with Crippen molar-refractivity contribution in [2.24, 2.45) is 0 Å². The zero-order chi connectivity index (χ0) is 12.7. The standard InChI is InChI=1S/C11H15N3O2S/c1-12-11(17)14-13-7-8-4-5-9(15-2)6-10(8)16-3/h4-7H,1-3H3,(H2,12,14,17)/p+1. The second kappa shape index (κ2) is 6.70. The summed E-state index contributed by atoms with van der Waals surface area (Å²) >= 11 is 4.92. The van der Waals surface area contributed by atoms with Gasteiger partial charge in [-0.15, -0.1) is 10.5 Å². The van der Waals surface area contributed by atoms with E-state index in [2.05, 4.69) is 15.8 Å². The number of methoxy groups -OCH3 is 2. The average Bonchev–Trinajstić information content (AvgIpc) is 2.38. The molecule has 0 saturated carbocycles. The quantitative estimate of drug-likeness (QED) is 0.374. The van der Waals surface area contributed by atoms with Crippen molar-refractivity contribution in [3.8, 4) is 11.5 Å². The molecule has 3 N–H and O–H groups in total. The molecule has 0 fully saturated rings. The zero-order valence-electron chi connectivity index (χ0n) is 10.0. The topological polar surface area (TPSA) is 56.5 Å². The molecule has 17 heavy (non-hydrogen) atoms. The first-order valence-corrected chi connectivity index (χ1v) is 5.40. The molecule has 6 heteroatoms. The van der Waals surface area contributed by atoms with Crippen molar-refractivity contribution in [1.82, 2.24) is 10.7 Å². The molecule has 0 aliphatic heterocycles. The molecule has 0 atom stereocenters. The fourth-order valence-corrected chi connectivity index (χ4v) is 1.24. The van der Waals surface area contributed by atoms with Crippen LogP contribution in [0.5, 0.6) is 11.5 Å². The SMILES string of the molecule is CNC(=S)N[NH+]=Cc1ccc(OC)cc1OC. The van der Waals surface area contributed by atoms with Gasteiger partial charge in [0.1, 0.15) is 11.5 Å². The maximum Gasteiger partial charge on any atom is 0.223 e. The summed E-state index contributed by atoms with van der Waals surface area (Å²) in [6.07, 6.45) is 1.75. The Kier molecular flexibility index (Phi) is 5.22. The van der Waals surface area contributed by atoms with Gasteiger partial charge < -0.3 is 14.8 Å². The highest BCUT2D eigenvalue weighted by molar-refractivity contribution is 7.80. The van der Waals surface area contributed by atoms with Crippen LogP contribution in [0.15, 0.2) is 18.2 Å². The number of thiocarbonyl (C=S) groups is 1. The molecule has 0 saturated heterocycles. The molecule has 0 spiro atoms. The van der Waals surface area contributed by atoms with E-state index in [0.717, 1.165) is 11.3 Å². The van der Waals surface area contributed by atoms with Gasteiger partial charge in [-0.05, 0) is 24.4 Å². The van der Waals surface area contributed by atoms with Crippen LogP contribution in [0, 0.1) is 0 Å². The van der Waals surface area contributed by atoms with Crippen molar-refractivity contribution in [3.63, 3.8) is 0 Å².